The number of rotatable bonds is 3. The van der Waals surface area contributed by atoms with Gasteiger partial charge in [-0.1, -0.05) is 41.9 Å². The van der Waals surface area contributed by atoms with E-state index >= 15 is 0 Å². The summed E-state index contributed by atoms with van der Waals surface area (Å²) in [6.45, 7) is 0. The molecule has 0 atom stereocenters. The third-order valence-electron chi connectivity index (χ3n) is 3.93. The predicted octanol–water partition coefficient (Wildman–Crippen LogP) is 5.63. The van der Waals surface area contributed by atoms with Crippen molar-refractivity contribution < 1.29 is 9.53 Å². The maximum atomic E-state index is 12.2. The van der Waals surface area contributed by atoms with Crippen LogP contribution in [0, 0.1) is 0 Å². The van der Waals surface area contributed by atoms with Crippen molar-refractivity contribution in [2.24, 2.45) is 0 Å². The molecule has 0 fully saturated rings. The van der Waals surface area contributed by atoms with Crippen LogP contribution in [0.25, 0.3) is 11.6 Å². The molecule has 1 aliphatic rings. The number of para-hydroxylation sites is 1. The number of carbonyl (C=O) groups excluding carboxylic acids is 1. The van der Waals surface area contributed by atoms with Crippen molar-refractivity contribution in [3.8, 4) is 11.5 Å². The lowest BCUT2D eigenvalue weighted by molar-refractivity contribution is -0.110. The van der Waals surface area contributed by atoms with E-state index in [9.17, 15) is 4.79 Å². The van der Waals surface area contributed by atoms with Crippen LogP contribution in [0.1, 0.15) is 11.1 Å². The Bertz CT molecular complexity index is 963. The van der Waals surface area contributed by atoms with E-state index in [0.29, 0.717) is 10.6 Å². The Kier molecular flexibility index (Phi) is 4.00. The molecule has 3 nitrogen and oxygen atoms in total. The van der Waals surface area contributed by atoms with Crippen molar-refractivity contribution in [3.05, 3.63) is 88.9 Å². The fraction of sp³-hybridized carbons (Fsp3) is 0. The predicted molar refractivity (Wildman–Crippen MR) is 101 cm³/mol. The zero-order chi connectivity index (χ0) is 17.2. The van der Waals surface area contributed by atoms with Crippen molar-refractivity contribution in [1.82, 2.24) is 0 Å². The van der Waals surface area contributed by atoms with E-state index < -0.39 is 0 Å². The Morgan fingerprint density at radius 3 is 2.36 bits per heavy atom. The van der Waals surface area contributed by atoms with Gasteiger partial charge in [-0.2, -0.15) is 0 Å². The van der Waals surface area contributed by atoms with Gasteiger partial charge in [-0.3, -0.25) is 4.79 Å². The van der Waals surface area contributed by atoms with Crippen molar-refractivity contribution in [1.29, 1.82) is 0 Å². The van der Waals surface area contributed by atoms with Gasteiger partial charge in [-0.25, -0.2) is 0 Å². The molecule has 0 bridgehead atoms. The number of hydrogen-bond acceptors (Lipinski definition) is 2. The van der Waals surface area contributed by atoms with Gasteiger partial charge in [-0.15, -0.1) is 0 Å². The van der Waals surface area contributed by atoms with Crippen LogP contribution in [0.3, 0.4) is 0 Å². The monoisotopic (exact) mass is 347 g/mol. The quantitative estimate of drug-likeness (QED) is 0.624. The second-order valence-corrected chi connectivity index (χ2v) is 6.12. The van der Waals surface area contributed by atoms with Crippen LogP contribution in [0.4, 0.5) is 5.69 Å². The molecule has 0 radical (unpaired) electrons. The van der Waals surface area contributed by atoms with Crippen molar-refractivity contribution in [2.45, 2.75) is 0 Å². The minimum Gasteiger partial charge on any atom is -0.457 e. The van der Waals surface area contributed by atoms with Crippen LogP contribution in [-0.4, -0.2) is 5.91 Å². The summed E-state index contributed by atoms with van der Waals surface area (Å²) in [7, 11) is 0. The summed E-state index contributed by atoms with van der Waals surface area (Å²) in [5.41, 5.74) is 3.12. The number of fused-ring (bicyclic) bond motifs is 1. The summed E-state index contributed by atoms with van der Waals surface area (Å²) in [5.74, 6) is 1.40. The number of hydrogen-bond donors (Lipinski definition) is 1. The Hall–Kier alpha value is -3.04. The lowest BCUT2D eigenvalue weighted by atomic mass is 10.0. The molecule has 0 spiro atoms. The van der Waals surface area contributed by atoms with E-state index in [1.807, 2.05) is 66.7 Å². The normalized spacial score (nSPS) is 14.3. The highest BCUT2D eigenvalue weighted by Crippen LogP contribution is 2.35. The van der Waals surface area contributed by atoms with Gasteiger partial charge >= 0.3 is 0 Å². The minimum atomic E-state index is -0.123. The lowest BCUT2D eigenvalue weighted by Crippen LogP contribution is -2.03. The van der Waals surface area contributed by atoms with Crippen LogP contribution in [0.15, 0.2) is 72.8 Å². The van der Waals surface area contributed by atoms with Gasteiger partial charge in [0.15, 0.2) is 0 Å². The Morgan fingerprint density at radius 2 is 1.60 bits per heavy atom. The van der Waals surface area contributed by atoms with Crippen molar-refractivity contribution in [3.63, 3.8) is 0 Å². The number of ether oxygens (including phenoxy) is 1. The number of carbonyl (C=O) groups is 1. The minimum absolute atomic E-state index is 0.123. The molecule has 25 heavy (non-hydrogen) atoms. The molecule has 1 aliphatic heterocycles. The molecule has 3 aromatic rings. The van der Waals surface area contributed by atoms with E-state index in [1.54, 1.807) is 12.1 Å². The van der Waals surface area contributed by atoms with E-state index in [2.05, 4.69) is 5.32 Å². The molecule has 0 aliphatic carbocycles. The summed E-state index contributed by atoms with van der Waals surface area (Å²) in [4.78, 5) is 12.2. The molecular formula is C21H14ClNO2. The van der Waals surface area contributed by atoms with Crippen LogP contribution >= 0.6 is 11.6 Å². The fourth-order valence-corrected chi connectivity index (χ4v) is 2.90. The number of anilines is 1. The van der Waals surface area contributed by atoms with Gasteiger partial charge in [-0.05, 0) is 54.1 Å². The zero-order valence-electron chi connectivity index (χ0n) is 13.2. The molecule has 1 N–H and O–H groups in total. The third kappa shape index (κ3) is 3.28. The molecule has 1 amide bonds. The van der Waals surface area contributed by atoms with Crippen molar-refractivity contribution in [2.75, 3.05) is 5.32 Å². The van der Waals surface area contributed by atoms with Gasteiger partial charge in [0.2, 0.25) is 0 Å². The first kappa shape index (κ1) is 15.5. The largest absolute Gasteiger partial charge is 0.457 e. The second-order valence-electron chi connectivity index (χ2n) is 5.69. The summed E-state index contributed by atoms with van der Waals surface area (Å²) in [6, 6.07) is 22.6. The molecular weight excluding hydrogens is 334 g/mol. The molecule has 122 valence electrons. The highest BCUT2D eigenvalue weighted by atomic mass is 35.5. The molecule has 3 aromatic carbocycles. The van der Waals surface area contributed by atoms with E-state index in [4.69, 9.17) is 16.3 Å². The second kappa shape index (κ2) is 6.46. The molecule has 0 saturated carbocycles. The number of amides is 1. The third-order valence-corrected chi connectivity index (χ3v) is 4.17. The maximum absolute atomic E-state index is 12.2. The van der Waals surface area contributed by atoms with Crippen LogP contribution in [-0.2, 0) is 4.79 Å². The summed E-state index contributed by atoms with van der Waals surface area (Å²) in [6.07, 6.45) is 1.85. The highest BCUT2D eigenvalue weighted by Gasteiger charge is 2.24. The molecule has 0 saturated heterocycles. The Morgan fingerprint density at radius 1 is 0.880 bits per heavy atom. The zero-order valence-corrected chi connectivity index (χ0v) is 14.0. The number of halogens is 1. The first-order valence-electron chi connectivity index (χ1n) is 7.85. The highest BCUT2D eigenvalue weighted by molar-refractivity contribution is 6.36. The van der Waals surface area contributed by atoms with Gasteiger partial charge in [0.05, 0.1) is 0 Å². The SMILES string of the molecule is O=C1Nc2ccc(Cl)cc2/C1=C/c1ccc(Oc2ccccc2)cc1. The van der Waals surface area contributed by atoms with Gasteiger partial charge in [0.1, 0.15) is 11.5 Å². The smallest absolute Gasteiger partial charge is 0.256 e. The first-order valence-corrected chi connectivity index (χ1v) is 8.23. The molecule has 0 aromatic heterocycles. The summed E-state index contributed by atoms with van der Waals surface area (Å²) >= 11 is 6.05. The maximum Gasteiger partial charge on any atom is 0.256 e. The fourth-order valence-electron chi connectivity index (χ4n) is 2.73. The molecule has 4 heteroatoms. The average Bonchev–Trinajstić information content (AvgIpc) is 2.93. The van der Waals surface area contributed by atoms with Crippen LogP contribution < -0.4 is 10.1 Å². The molecule has 4 rings (SSSR count). The van der Waals surface area contributed by atoms with E-state index in [1.165, 1.54) is 0 Å². The number of benzene rings is 3. The van der Waals surface area contributed by atoms with Crippen molar-refractivity contribution >= 4 is 34.8 Å². The van der Waals surface area contributed by atoms with Gasteiger partial charge < -0.3 is 10.1 Å². The standard InChI is InChI=1S/C21H14ClNO2/c22-15-8-11-20-18(13-15)19(21(24)23-20)12-14-6-9-17(10-7-14)25-16-4-2-1-3-5-16/h1-13H,(H,23,24)/b19-12-. The first-order chi connectivity index (χ1) is 12.2. The van der Waals surface area contributed by atoms with Gasteiger partial charge in [0.25, 0.3) is 5.91 Å². The van der Waals surface area contributed by atoms with Gasteiger partial charge in [0, 0.05) is 21.8 Å². The van der Waals surface area contributed by atoms with E-state index in [0.717, 1.165) is 28.3 Å². The summed E-state index contributed by atoms with van der Waals surface area (Å²) in [5, 5.41) is 3.45. The van der Waals surface area contributed by atoms with Crippen LogP contribution in [0.2, 0.25) is 5.02 Å². The Balaban J connectivity index is 1.60. The Labute approximate surface area is 150 Å². The molecule has 0 unspecified atom stereocenters. The lowest BCUT2D eigenvalue weighted by Gasteiger charge is -2.05. The van der Waals surface area contributed by atoms with Crippen LogP contribution in [0.5, 0.6) is 11.5 Å². The van der Waals surface area contributed by atoms with E-state index in [-0.39, 0.29) is 5.91 Å². The number of nitrogens with one attached hydrogen (secondary N) is 1. The topological polar surface area (TPSA) is 38.3 Å². The summed E-state index contributed by atoms with van der Waals surface area (Å²) < 4.78 is 5.78. The average molecular weight is 348 g/mol. The molecule has 1 heterocycles.